The Morgan fingerprint density at radius 2 is 2.06 bits per heavy atom. The number of halogens is 1. The third kappa shape index (κ3) is 2.37. The van der Waals surface area contributed by atoms with Crippen LogP contribution < -0.4 is 0 Å². The molecule has 0 saturated heterocycles. The molecule has 3 rings (SSSR count). The van der Waals surface area contributed by atoms with Crippen LogP contribution in [0.1, 0.15) is 49.3 Å². The highest BCUT2D eigenvalue weighted by atomic mass is 79.9. The number of hydrogen-bond donors (Lipinski definition) is 0. The Morgan fingerprint density at radius 1 is 1.22 bits per heavy atom. The first kappa shape index (κ1) is 12.7. The first-order valence-corrected chi connectivity index (χ1v) is 8.21. The molecule has 98 valence electrons. The average Bonchev–Trinajstić information content (AvgIpc) is 2.38. The Hall–Kier alpha value is -0.340. The predicted octanol–water partition coefficient (Wildman–Crippen LogP) is 4.65. The first-order chi connectivity index (χ1) is 8.83. The van der Waals surface area contributed by atoms with Crippen LogP contribution in [0.4, 0.5) is 0 Å². The lowest BCUT2D eigenvalue weighted by Gasteiger charge is -2.41. The van der Waals surface area contributed by atoms with E-state index >= 15 is 0 Å². The van der Waals surface area contributed by atoms with Crippen molar-refractivity contribution in [3.63, 3.8) is 0 Å². The molecule has 0 radical (unpaired) electrons. The second kappa shape index (κ2) is 5.34. The maximum atomic E-state index is 6.28. The normalized spacial score (nSPS) is 25.3. The molecule has 1 nitrogen and oxygen atoms in total. The fourth-order valence-corrected chi connectivity index (χ4v) is 3.88. The summed E-state index contributed by atoms with van der Waals surface area (Å²) in [5, 5.41) is 1.09. The van der Waals surface area contributed by atoms with E-state index in [9.17, 15) is 0 Å². The van der Waals surface area contributed by atoms with Gasteiger partial charge in [0.15, 0.2) is 0 Å². The van der Waals surface area contributed by atoms with Crippen molar-refractivity contribution >= 4 is 15.9 Å². The van der Waals surface area contributed by atoms with Crippen LogP contribution in [-0.4, -0.2) is 11.9 Å². The molecule has 1 aromatic rings. The molecule has 2 aliphatic rings. The first-order valence-electron chi connectivity index (χ1n) is 7.08. The standard InChI is InChI=1S/C16H21BrO/c17-11-16(9-4-10-16)12-18-15-8-3-6-13-5-1-2-7-14(13)15/h1-2,5,7,15H,3-4,6,8-12H2. The highest BCUT2D eigenvalue weighted by molar-refractivity contribution is 9.09. The minimum atomic E-state index is 0.339. The van der Waals surface area contributed by atoms with Crippen molar-refractivity contribution in [2.24, 2.45) is 5.41 Å². The van der Waals surface area contributed by atoms with Gasteiger partial charge in [-0.2, -0.15) is 0 Å². The van der Waals surface area contributed by atoms with Gasteiger partial charge >= 0.3 is 0 Å². The van der Waals surface area contributed by atoms with E-state index < -0.39 is 0 Å². The van der Waals surface area contributed by atoms with Crippen LogP contribution in [0, 0.1) is 5.41 Å². The molecule has 0 N–H and O–H groups in total. The summed E-state index contributed by atoms with van der Waals surface area (Å²) in [6, 6.07) is 8.80. The lowest BCUT2D eigenvalue weighted by molar-refractivity contribution is -0.0395. The lowest BCUT2D eigenvalue weighted by Crippen LogP contribution is -2.36. The largest absolute Gasteiger partial charge is 0.373 e. The third-order valence-corrected chi connectivity index (χ3v) is 5.79. The van der Waals surface area contributed by atoms with Gasteiger partial charge in [-0.15, -0.1) is 0 Å². The molecular weight excluding hydrogens is 288 g/mol. The van der Waals surface area contributed by atoms with Crippen LogP contribution in [0.15, 0.2) is 24.3 Å². The van der Waals surface area contributed by atoms with Gasteiger partial charge in [0, 0.05) is 10.7 Å². The summed E-state index contributed by atoms with van der Waals surface area (Å²) in [6.07, 6.45) is 8.04. The third-order valence-electron chi connectivity index (χ3n) is 4.60. The Labute approximate surface area is 118 Å². The quantitative estimate of drug-likeness (QED) is 0.736. The molecule has 1 atom stereocenters. The number of fused-ring (bicyclic) bond motifs is 1. The summed E-state index contributed by atoms with van der Waals surface area (Å²) >= 11 is 3.66. The minimum Gasteiger partial charge on any atom is -0.373 e. The van der Waals surface area contributed by atoms with Gasteiger partial charge in [0.1, 0.15) is 0 Å². The summed E-state index contributed by atoms with van der Waals surface area (Å²) in [5.41, 5.74) is 3.37. The number of aryl methyl sites for hydroxylation is 1. The summed E-state index contributed by atoms with van der Waals surface area (Å²) in [7, 11) is 0. The van der Waals surface area contributed by atoms with Crippen molar-refractivity contribution in [1.82, 2.24) is 0 Å². The van der Waals surface area contributed by atoms with Gasteiger partial charge in [-0.25, -0.2) is 0 Å². The van der Waals surface area contributed by atoms with Gasteiger partial charge in [-0.1, -0.05) is 46.6 Å². The highest BCUT2D eigenvalue weighted by Gasteiger charge is 2.37. The molecule has 1 saturated carbocycles. The zero-order valence-electron chi connectivity index (χ0n) is 10.8. The molecule has 0 aromatic heterocycles. The summed E-state index contributed by atoms with van der Waals surface area (Å²) in [4.78, 5) is 0. The van der Waals surface area contributed by atoms with E-state index in [0.29, 0.717) is 11.5 Å². The molecule has 1 unspecified atom stereocenters. The van der Waals surface area contributed by atoms with Crippen LogP contribution >= 0.6 is 15.9 Å². The summed E-state index contributed by atoms with van der Waals surface area (Å²) < 4.78 is 6.28. The fraction of sp³-hybridized carbons (Fsp3) is 0.625. The van der Waals surface area contributed by atoms with Crippen LogP contribution in [0.2, 0.25) is 0 Å². The van der Waals surface area contributed by atoms with Crippen molar-refractivity contribution in [2.45, 2.75) is 44.6 Å². The zero-order chi connectivity index (χ0) is 12.4. The van der Waals surface area contributed by atoms with Gasteiger partial charge in [-0.3, -0.25) is 0 Å². The number of hydrogen-bond acceptors (Lipinski definition) is 1. The smallest absolute Gasteiger partial charge is 0.0828 e. The molecule has 2 heteroatoms. The zero-order valence-corrected chi connectivity index (χ0v) is 12.4. The van der Waals surface area contributed by atoms with E-state index in [2.05, 4.69) is 40.2 Å². The second-order valence-corrected chi connectivity index (χ2v) is 6.44. The van der Waals surface area contributed by atoms with Gasteiger partial charge in [0.2, 0.25) is 0 Å². The number of ether oxygens (including phenoxy) is 1. The average molecular weight is 309 g/mol. The van der Waals surface area contributed by atoms with Gasteiger partial charge in [0.25, 0.3) is 0 Å². The molecule has 0 bridgehead atoms. The van der Waals surface area contributed by atoms with E-state index in [1.54, 1.807) is 0 Å². The molecule has 0 amide bonds. The van der Waals surface area contributed by atoms with Crippen molar-refractivity contribution in [2.75, 3.05) is 11.9 Å². The fourth-order valence-electron chi connectivity index (χ4n) is 3.15. The monoisotopic (exact) mass is 308 g/mol. The Balaban J connectivity index is 1.67. The van der Waals surface area contributed by atoms with E-state index in [4.69, 9.17) is 4.74 Å². The van der Waals surface area contributed by atoms with Crippen LogP contribution in [-0.2, 0) is 11.2 Å². The van der Waals surface area contributed by atoms with Crippen molar-refractivity contribution in [1.29, 1.82) is 0 Å². The molecule has 1 aromatic carbocycles. The number of benzene rings is 1. The number of alkyl halides is 1. The van der Waals surface area contributed by atoms with Crippen molar-refractivity contribution < 1.29 is 4.74 Å². The van der Waals surface area contributed by atoms with E-state index in [0.717, 1.165) is 11.9 Å². The molecule has 0 spiro atoms. The minimum absolute atomic E-state index is 0.339. The Kier molecular flexibility index (Phi) is 3.76. The lowest BCUT2D eigenvalue weighted by atomic mass is 9.71. The maximum absolute atomic E-state index is 6.28. The van der Waals surface area contributed by atoms with E-state index in [1.165, 1.54) is 49.7 Å². The van der Waals surface area contributed by atoms with Crippen molar-refractivity contribution in [3.05, 3.63) is 35.4 Å². The topological polar surface area (TPSA) is 9.23 Å². The predicted molar refractivity (Wildman–Crippen MR) is 78.2 cm³/mol. The Morgan fingerprint density at radius 3 is 2.78 bits per heavy atom. The van der Waals surface area contributed by atoms with E-state index in [1.807, 2.05) is 0 Å². The second-order valence-electron chi connectivity index (χ2n) is 5.88. The van der Waals surface area contributed by atoms with Gasteiger partial charge in [0.05, 0.1) is 12.7 Å². The SMILES string of the molecule is BrCC1(COC2CCCc3ccccc32)CCC1. The van der Waals surface area contributed by atoms with Crippen LogP contribution in [0.25, 0.3) is 0 Å². The molecule has 1 fully saturated rings. The molecule has 18 heavy (non-hydrogen) atoms. The van der Waals surface area contributed by atoms with Crippen LogP contribution in [0.5, 0.6) is 0 Å². The highest BCUT2D eigenvalue weighted by Crippen LogP contribution is 2.44. The van der Waals surface area contributed by atoms with Gasteiger partial charge in [-0.05, 0) is 43.2 Å². The Bertz CT molecular complexity index is 406. The molecule has 0 heterocycles. The molecule has 0 aliphatic heterocycles. The van der Waals surface area contributed by atoms with Crippen LogP contribution in [0.3, 0.4) is 0 Å². The summed E-state index contributed by atoms with van der Waals surface area (Å²) in [6.45, 7) is 0.928. The van der Waals surface area contributed by atoms with Gasteiger partial charge < -0.3 is 4.74 Å². The molecule has 2 aliphatic carbocycles. The maximum Gasteiger partial charge on any atom is 0.0828 e. The van der Waals surface area contributed by atoms with Crippen molar-refractivity contribution in [3.8, 4) is 0 Å². The summed E-state index contributed by atoms with van der Waals surface area (Å²) in [5.74, 6) is 0. The van der Waals surface area contributed by atoms with E-state index in [-0.39, 0.29) is 0 Å². The number of rotatable bonds is 4. The molecular formula is C16H21BrO.